The molecule has 29 heavy (non-hydrogen) atoms. The van der Waals surface area contributed by atoms with Crippen molar-refractivity contribution in [2.75, 3.05) is 13.2 Å². The van der Waals surface area contributed by atoms with Gasteiger partial charge >= 0.3 is 8.56 Å². The average Bonchev–Trinajstić information content (AvgIpc) is 2.78. The van der Waals surface area contributed by atoms with Crippen LogP contribution in [0.5, 0.6) is 0 Å². The molecular weight excluding hydrogens is 372 g/mol. The highest BCUT2D eigenvalue weighted by Gasteiger charge is 2.43. The van der Waals surface area contributed by atoms with Gasteiger partial charge in [0.2, 0.25) is 0 Å². The normalized spacial score (nSPS) is 11.8. The second-order valence-corrected chi connectivity index (χ2v) is 9.93. The molecule has 0 heterocycles. The third-order valence-corrected chi connectivity index (χ3v) is 8.95. The van der Waals surface area contributed by atoms with Crippen molar-refractivity contribution in [3.63, 3.8) is 0 Å². The third-order valence-electron chi connectivity index (χ3n) is 5.34. The van der Waals surface area contributed by atoms with Crippen molar-refractivity contribution in [3.05, 3.63) is 91.0 Å². The Morgan fingerprint density at radius 3 is 1.97 bits per heavy atom. The Morgan fingerprint density at radius 2 is 1.34 bits per heavy atom. The molecule has 0 aromatic heterocycles. The van der Waals surface area contributed by atoms with Gasteiger partial charge in [-0.1, -0.05) is 85.5 Å². The number of fused-ring (bicyclic) bond motifs is 3. The summed E-state index contributed by atoms with van der Waals surface area (Å²) >= 11 is 0. The summed E-state index contributed by atoms with van der Waals surface area (Å²) < 4.78 is 13.1. The standard InChI is InChI=1S/C26H26O2Si/c1-4-20-15-17-22(18-16-20)29(27-5-2,28-6-3)26-19-21-11-7-8-12-23(21)24-13-9-10-14-25(24)26/h4,7-19H,1,5-6H2,2-3H3. The maximum absolute atomic E-state index is 6.56. The first-order valence-corrected chi connectivity index (χ1v) is 12.0. The van der Waals surface area contributed by atoms with Crippen LogP contribution in [-0.2, 0) is 8.85 Å². The van der Waals surface area contributed by atoms with E-state index in [0.717, 1.165) is 10.8 Å². The molecule has 0 radical (unpaired) electrons. The molecule has 0 saturated heterocycles. The van der Waals surface area contributed by atoms with Crippen LogP contribution in [-0.4, -0.2) is 21.8 Å². The highest BCUT2D eigenvalue weighted by molar-refractivity contribution is 6.94. The van der Waals surface area contributed by atoms with Gasteiger partial charge in [-0.05, 0) is 52.2 Å². The Labute approximate surface area is 173 Å². The third kappa shape index (κ3) is 3.42. The zero-order valence-electron chi connectivity index (χ0n) is 17.0. The van der Waals surface area contributed by atoms with Crippen molar-refractivity contribution in [1.82, 2.24) is 0 Å². The van der Waals surface area contributed by atoms with Crippen LogP contribution in [0.3, 0.4) is 0 Å². The van der Waals surface area contributed by atoms with Gasteiger partial charge < -0.3 is 8.85 Å². The predicted molar refractivity (Wildman–Crippen MR) is 126 cm³/mol. The summed E-state index contributed by atoms with van der Waals surface area (Å²) in [4.78, 5) is 0. The molecule has 2 nitrogen and oxygen atoms in total. The van der Waals surface area contributed by atoms with Gasteiger partial charge in [0.1, 0.15) is 0 Å². The van der Waals surface area contributed by atoms with Gasteiger partial charge in [0.05, 0.1) is 0 Å². The zero-order chi connectivity index (χ0) is 20.3. The minimum Gasteiger partial charge on any atom is -0.388 e. The summed E-state index contributed by atoms with van der Waals surface area (Å²) in [5.74, 6) is 0. The lowest BCUT2D eigenvalue weighted by molar-refractivity contribution is 0.209. The summed E-state index contributed by atoms with van der Waals surface area (Å²) in [6.07, 6.45) is 1.86. The summed E-state index contributed by atoms with van der Waals surface area (Å²) in [5.41, 5.74) is 1.09. The summed E-state index contributed by atoms with van der Waals surface area (Å²) in [5, 5.41) is 7.19. The lowest BCUT2D eigenvalue weighted by Crippen LogP contribution is -2.63. The maximum Gasteiger partial charge on any atom is 0.407 e. The molecule has 4 aromatic carbocycles. The Balaban J connectivity index is 2.08. The largest absolute Gasteiger partial charge is 0.407 e. The van der Waals surface area contributed by atoms with Gasteiger partial charge in [-0.25, -0.2) is 0 Å². The number of hydrogen-bond acceptors (Lipinski definition) is 2. The van der Waals surface area contributed by atoms with E-state index < -0.39 is 8.56 Å². The molecule has 0 bridgehead atoms. The molecule has 146 valence electrons. The van der Waals surface area contributed by atoms with E-state index in [1.165, 1.54) is 26.7 Å². The maximum atomic E-state index is 6.56. The molecule has 0 aliphatic heterocycles. The predicted octanol–water partition coefficient (Wildman–Crippen LogP) is 5.27. The molecule has 4 rings (SSSR count). The second kappa shape index (κ2) is 8.33. The molecule has 0 atom stereocenters. The fraction of sp³-hybridized carbons (Fsp3) is 0.154. The van der Waals surface area contributed by atoms with E-state index in [4.69, 9.17) is 8.85 Å². The van der Waals surface area contributed by atoms with Crippen LogP contribution in [0.15, 0.2) is 85.4 Å². The lowest BCUT2D eigenvalue weighted by Gasteiger charge is -2.32. The summed E-state index contributed by atoms with van der Waals surface area (Å²) in [6, 6.07) is 27.8. The topological polar surface area (TPSA) is 18.5 Å². The van der Waals surface area contributed by atoms with Crippen LogP contribution in [0.25, 0.3) is 27.6 Å². The first-order valence-electron chi connectivity index (χ1n) is 10.2. The van der Waals surface area contributed by atoms with E-state index >= 15 is 0 Å². The Bertz CT molecular complexity index is 1140. The van der Waals surface area contributed by atoms with Gasteiger partial charge in [0.25, 0.3) is 0 Å². The molecule has 0 spiro atoms. The van der Waals surface area contributed by atoms with Crippen LogP contribution in [0.4, 0.5) is 0 Å². The first kappa shape index (κ1) is 19.6. The molecule has 3 heteroatoms. The number of hydrogen-bond donors (Lipinski definition) is 0. The highest BCUT2D eigenvalue weighted by atomic mass is 28.4. The van der Waals surface area contributed by atoms with Crippen LogP contribution >= 0.6 is 0 Å². The molecule has 4 aromatic rings. The summed E-state index contributed by atoms with van der Waals surface area (Å²) in [6.45, 7) is 9.15. The van der Waals surface area contributed by atoms with Crippen molar-refractivity contribution in [2.24, 2.45) is 0 Å². The monoisotopic (exact) mass is 398 g/mol. The average molecular weight is 399 g/mol. The van der Waals surface area contributed by atoms with Crippen molar-refractivity contribution >= 4 is 46.6 Å². The fourth-order valence-electron chi connectivity index (χ4n) is 4.09. The van der Waals surface area contributed by atoms with E-state index in [0.29, 0.717) is 13.2 Å². The fourth-order valence-corrected chi connectivity index (χ4v) is 7.47. The lowest BCUT2D eigenvalue weighted by atomic mass is 10.0. The summed E-state index contributed by atoms with van der Waals surface area (Å²) in [7, 11) is -2.90. The van der Waals surface area contributed by atoms with E-state index in [2.05, 4.69) is 85.4 Å². The Kier molecular flexibility index (Phi) is 5.63. The van der Waals surface area contributed by atoms with Crippen molar-refractivity contribution < 1.29 is 8.85 Å². The number of benzene rings is 4. The van der Waals surface area contributed by atoms with Crippen LogP contribution < -0.4 is 10.4 Å². The molecule has 0 aliphatic carbocycles. The molecule has 0 aliphatic rings. The van der Waals surface area contributed by atoms with Gasteiger partial charge in [-0.2, -0.15) is 0 Å². The molecule has 0 saturated carbocycles. The van der Waals surface area contributed by atoms with Crippen molar-refractivity contribution in [2.45, 2.75) is 13.8 Å². The smallest absolute Gasteiger partial charge is 0.388 e. The molecule has 0 fully saturated rings. The van der Waals surface area contributed by atoms with Gasteiger partial charge in [0.15, 0.2) is 0 Å². The van der Waals surface area contributed by atoms with Crippen LogP contribution in [0.1, 0.15) is 19.4 Å². The minimum absolute atomic E-state index is 0.594. The Morgan fingerprint density at radius 1 is 0.759 bits per heavy atom. The number of rotatable bonds is 7. The van der Waals surface area contributed by atoms with Crippen LogP contribution in [0, 0.1) is 0 Å². The van der Waals surface area contributed by atoms with Crippen LogP contribution in [0.2, 0.25) is 0 Å². The van der Waals surface area contributed by atoms with E-state index in [1.54, 1.807) is 0 Å². The molecular formula is C26H26O2Si. The van der Waals surface area contributed by atoms with Gasteiger partial charge in [-0.15, -0.1) is 0 Å². The zero-order valence-corrected chi connectivity index (χ0v) is 18.0. The molecule has 0 unspecified atom stereocenters. The van der Waals surface area contributed by atoms with Gasteiger partial charge in [0, 0.05) is 18.4 Å². The first-order chi connectivity index (χ1) is 14.2. The van der Waals surface area contributed by atoms with Crippen molar-refractivity contribution in [3.8, 4) is 0 Å². The molecule has 0 amide bonds. The molecule has 0 N–H and O–H groups in total. The quantitative estimate of drug-likeness (QED) is 0.312. The van der Waals surface area contributed by atoms with Crippen molar-refractivity contribution in [1.29, 1.82) is 0 Å². The van der Waals surface area contributed by atoms with E-state index in [1.807, 2.05) is 19.9 Å². The minimum atomic E-state index is -2.90. The SMILES string of the molecule is C=Cc1ccc([Si](OCC)(OCC)c2cc3ccccc3c3ccccc23)cc1. The second-order valence-electron chi connectivity index (χ2n) is 7.00. The van der Waals surface area contributed by atoms with E-state index in [-0.39, 0.29) is 0 Å². The highest BCUT2D eigenvalue weighted by Crippen LogP contribution is 2.27. The Hall–Kier alpha value is -2.72. The van der Waals surface area contributed by atoms with Gasteiger partial charge in [-0.3, -0.25) is 0 Å². The van der Waals surface area contributed by atoms with E-state index in [9.17, 15) is 0 Å².